The van der Waals surface area contributed by atoms with Gasteiger partial charge in [0.15, 0.2) is 0 Å². The first-order valence-corrected chi connectivity index (χ1v) is 6.82. The van der Waals surface area contributed by atoms with Crippen LogP contribution in [0.3, 0.4) is 0 Å². The Morgan fingerprint density at radius 3 is 2.68 bits per heavy atom. The molecule has 1 aliphatic rings. The normalized spacial score (nSPS) is 21.2. The van der Waals surface area contributed by atoms with Crippen molar-refractivity contribution in [3.05, 3.63) is 27.7 Å². The van der Waals surface area contributed by atoms with Gasteiger partial charge >= 0.3 is 0 Å². The van der Waals surface area contributed by atoms with Crippen molar-refractivity contribution in [1.29, 1.82) is 0 Å². The van der Waals surface area contributed by atoms with E-state index in [1.165, 1.54) is 0 Å². The van der Waals surface area contributed by atoms with Gasteiger partial charge in [-0.1, -0.05) is 23.2 Å². The first kappa shape index (κ1) is 14.9. The van der Waals surface area contributed by atoms with Gasteiger partial charge < -0.3 is 19.5 Å². The van der Waals surface area contributed by atoms with Crippen molar-refractivity contribution in [2.45, 2.75) is 12.1 Å². The van der Waals surface area contributed by atoms with Gasteiger partial charge in [0.2, 0.25) is 0 Å². The predicted molar refractivity (Wildman–Crippen MR) is 75.4 cm³/mol. The van der Waals surface area contributed by atoms with E-state index in [1.54, 1.807) is 13.2 Å². The third kappa shape index (κ3) is 3.33. The van der Waals surface area contributed by atoms with E-state index in [9.17, 15) is 0 Å². The number of nitrogens with one attached hydrogen (secondary N) is 1. The zero-order valence-corrected chi connectivity index (χ0v) is 12.4. The van der Waals surface area contributed by atoms with Crippen LogP contribution in [0.2, 0.25) is 10.0 Å². The fourth-order valence-electron chi connectivity index (χ4n) is 2.18. The average Bonchev–Trinajstić information content (AvgIpc) is 2.44. The molecule has 1 saturated heterocycles. The van der Waals surface area contributed by atoms with Crippen LogP contribution >= 0.6 is 23.2 Å². The molecule has 106 valence electrons. The molecule has 1 aromatic carbocycles. The number of halogens is 2. The quantitative estimate of drug-likeness (QED) is 0.928. The Kier molecular flexibility index (Phi) is 5.30. The van der Waals surface area contributed by atoms with Crippen molar-refractivity contribution in [2.75, 3.05) is 34.0 Å². The van der Waals surface area contributed by atoms with Gasteiger partial charge in [0.1, 0.15) is 11.9 Å². The van der Waals surface area contributed by atoms with Gasteiger partial charge in [-0.05, 0) is 18.7 Å². The Morgan fingerprint density at radius 2 is 2.11 bits per heavy atom. The van der Waals surface area contributed by atoms with Crippen LogP contribution in [0.25, 0.3) is 0 Å². The molecular weight excluding hydrogens is 289 g/mol. The van der Waals surface area contributed by atoms with Gasteiger partial charge in [-0.25, -0.2) is 0 Å². The van der Waals surface area contributed by atoms with E-state index in [4.69, 9.17) is 37.4 Å². The van der Waals surface area contributed by atoms with Crippen LogP contribution in [0.4, 0.5) is 0 Å². The summed E-state index contributed by atoms with van der Waals surface area (Å²) in [5, 5.41) is 4.32. The maximum Gasteiger partial charge on any atom is 0.138 e. The SMILES string of the molecule is CNC(c1cc(Cl)c(OC)cc1Cl)C1COCCO1. The highest BCUT2D eigenvalue weighted by atomic mass is 35.5. The molecule has 1 N–H and O–H groups in total. The highest BCUT2D eigenvalue weighted by Gasteiger charge is 2.27. The molecular formula is C13H17Cl2NO3. The Morgan fingerprint density at radius 1 is 1.32 bits per heavy atom. The molecule has 0 amide bonds. The molecule has 2 atom stereocenters. The first-order valence-electron chi connectivity index (χ1n) is 6.07. The lowest BCUT2D eigenvalue weighted by Crippen LogP contribution is -2.39. The number of ether oxygens (including phenoxy) is 3. The van der Waals surface area contributed by atoms with Gasteiger partial charge in [0, 0.05) is 11.1 Å². The number of likely N-dealkylation sites (N-methyl/N-ethyl adjacent to an activating group) is 1. The lowest BCUT2D eigenvalue weighted by molar-refractivity contribution is -0.101. The summed E-state index contributed by atoms with van der Waals surface area (Å²) in [6.45, 7) is 1.75. The van der Waals surface area contributed by atoms with Crippen LogP contribution in [-0.4, -0.2) is 40.1 Å². The number of rotatable bonds is 4. The minimum absolute atomic E-state index is 0.0730. The smallest absolute Gasteiger partial charge is 0.138 e. The number of benzene rings is 1. The molecule has 1 heterocycles. The molecule has 0 aromatic heterocycles. The van der Waals surface area contributed by atoms with E-state index in [1.807, 2.05) is 13.1 Å². The molecule has 0 spiro atoms. The second kappa shape index (κ2) is 6.77. The monoisotopic (exact) mass is 305 g/mol. The van der Waals surface area contributed by atoms with E-state index in [0.717, 1.165) is 5.56 Å². The van der Waals surface area contributed by atoms with Crippen LogP contribution < -0.4 is 10.1 Å². The van der Waals surface area contributed by atoms with Crippen LogP contribution in [0.5, 0.6) is 5.75 Å². The largest absolute Gasteiger partial charge is 0.495 e. The molecule has 0 radical (unpaired) electrons. The third-order valence-electron chi connectivity index (χ3n) is 3.13. The van der Waals surface area contributed by atoms with Gasteiger partial charge in [-0.2, -0.15) is 0 Å². The summed E-state index contributed by atoms with van der Waals surface area (Å²) in [4.78, 5) is 0. The summed E-state index contributed by atoms with van der Waals surface area (Å²) in [7, 11) is 3.42. The molecule has 1 fully saturated rings. The minimum Gasteiger partial charge on any atom is -0.495 e. The molecule has 0 saturated carbocycles. The van der Waals surface area contributed by atoms with Gasteiger partial charge in [0.25, 0.3) is 0 Å². The van der Waals surface area contributed by atoms with Crippen LogP contribution in [0, 0.1) is 0 Å². The fourth-order valence-corrected chi connectivity index (χ4v) is 2.70. The molecule has 2 rings (SSSR count). The predicted octanol–water partition coefficient (Wildman–Crippen LogP) is 2.68. The average molecular weight is 306 g/mol. The first-order chi connectivity index (χ1) is 9.17. The number of methoxy groups -OCH3 is 1. The molecule has 0 bridgehead atoms. The fraction of sp³-hybridized carbons (Fsp3) is 0.538. The molecule has 1 aliphatic heterocycles. The lowest BCUT2D eigenvalue weighted by Gasteiger charge is -2.31. The van der Waals surface area contributed by atoms with Crippen molar-refractivity contribution in [2.24, 2.45) is 0 Å². The minimum atomic E-state index is -0.0827. The van der Waals surface area contributed by atoms with Gasteiger partial charge in [-0.15, -0.1) is 0 Å². The highest BCUT2D eigenvalue weighted by Crippen LogP contribution is 2.35. The zero-order valence-electron chi connectivity index (χ0n) is 10.9. The van der Waals surface area contributed by atoms with Crippen molar-refractivity contribution in [3.8, 4) is 5.75 Å². The van der Waals surface area contributed by atoms with E-state index < -0.39 is 0 Å². The molecule has 2 unspecified atom stereocenters. The Balaban J connectivity index is 2.29. The second-order valence-corrected chi connectivity index (χ2v) is 5.07. The van der Waals surface area contributed by atoms with Crippen LogP contribution in [0.15, 0.2) is 12.1 Å². The topological polar surface area (TPSA) is 39.7 Å². The summed E-state index contributed by atoms with van der Waals surface area (Å²) in [6.07, 6.45) is -0.0827. The zero-order chi connectivity index (χ0) is 13.8. The molecule has 1 aromatic rings. The molecule has 0 aliphatic carbocycles. The third-order valence-corrected chi connectivity index (χ3v) is 3.75. The molecule has 6 heteroatoms. The Bertz CT molecular complexity index is 436. The molecule has 4 nitrogen and oxygen atoms in total. The van der Waals surface area contributed by atoms with Crippen LogP contribution in [0.1, 0.15) is 11.6 Å². The highest BCUT2D eigenvalue weighted by molar-refractivity contribution is 6.34. The van der Waals surface area contributed by atoms with Crippen LogP contribution in [-0.2, 0) is 9.47 Å². The van der Waals surface area contributed by atoms with Crippen molar-refractivity contribution in [1.82, 2.24) is 5.32 Å². The van der Waals surface area contributed by atoms with Crippen molar-refractivity contribution >= 4 is 23.2 Å². The van der Waals surface area contributed by atoms with E-state index in [-0.39, 0.29) is 12.1 Å². The maximum absolute atomic E-state index is 6.30. The summed E-state index contributed by atoms with van der Waals surface area (Å²) in [5.41, 5.74) is 0.880. The Hall–Kier alpha value is -0.520. The van der Waals surface area contributed by atoms with Gasteiger partial charge in [0.05, 0.1) is 38.0 Å². The van der Waals surface area contributed by atoms with E-state index in [2.05, 4.69) is 5.32 Å². The lowest BCUT2D eigenvalue weighted by atomic mass is 10.0. The summed E-state index contributed by atoms with van der Waals surface area (Å²) >= 11 is 12.5. The number of hydrogen-bond donors (Lipinski definition) is 1. The number of hydrogen-bond acceptors (Lipinski definition) is 4. The second-order valence-electron chi connectivity index (χ2n) is 4.26. The maximum atomic E-state index is 6.30. The summed E-state index contributed by atoms with van der Waals surface area (Å²) in [6, 6.07) is 3.45. The van der Waals surface area contributed by atoms with E-state index >= 15 is 0 Å². The van der Waals surface area contributed by atoms with Gasteiger partial charge in [-0.3, -0.25) is 0 Å². The summed E-state index contributed by atoms with van der Waals surface area (Å²) < 4.78 is 16.3. The van der Waals surface area contributed by atoms with E-state index in [0.29, 0.717) is 35.6 Å². The Labute approximate surface area is 122 Å². The standard InChI is InChI=1S/C13H17Cl2NO3/c1-16-13(12-7-18-3-4-19-12)8-5-10(15)11(17-2)6-9(8)14/h5-6,12-13,16H,3-4,7H2,1-2H3. The molecule has 19 heavy (non-hydrogen) atoms. The van der Waals surface area contributed by atoms with Crippen molar-refractivity contribution in [3.63, 3.8) is 0 Å². The summed E-state index contributed by atoms with van der Waals surface area (Å²) in [5.74, 6) is 0.561. The van der Waals surface area contributed by atoms with Crippen molar-refractivity contribution < 1.29 is 14.2 Å².